The molecule has 0 saturated heterocycles. The zero-order valence-electron chi connectivity index (χ0n) is 19.6. The highest BCUT2D eigenvalue weighted by Gasteiger charge is 2.21. The lowest BCUT2D eigenvalue weighted by molar-refractivity contribution is -0.109. The predicted octanol–water partition coefficient (Wildman–Crippen LogP) is 5.99. The number of aldehydes is 1. The lowest BCUT2D eigenvalue weighted by atomic mass is 10.00. The highest BCUT2D eigenvalue weighted by molar-refractivity contribution is 6.40. The molecule has 1 amide bonds. The van der Waals surface area contributed by atoms with Crippen molar-refractivity contribution in [2.75, 3.05) is 13.2 Å². The van der Waals surface area contributed by atoms with Crippen molar-refractivity contribution in [1.82, 2.24) is 5.32 Å². The van der Waals surface area contributed by atoms with Crippen molar-refractivity contribution >= 4 is 64.4 Å². The second kappa shape index (κ2) is 13.8. The number of halogens is 4. The monoisotopic (exact) mass is 580 g/mol. The fraction of sp³-hybridized carbons (Fsp3) is 0.222. The van der Waals surface area contributed by atoms with E-state index in [4.69, 9.17) is 56.9 Å². The van der Waals surface area contributed by atoms with Crippen molar-refractivity contribution in [2.24, 2.45) is 5.73 Å². The number of nitrogens with one attached hydrogen (secondary N) is 1. The van der Waals surface area contributed by atoms with E-state index in [9.17, 15) is 14.4 Å². The molecule has 0 fully saturated rings. The van der Waals surface area contributed by atoms with Gasteiger partial charge in [-0.3, -0.25) is 9.59 Å². The Morgan fingerprint density at radius 1 is 0.892 bits per heavy atom. The van der Waals surface area contributed by atoms with E-state index < -0.39 is 11.9 Å². The molecule has 3 aromatic rings. The first-order chi connectivity index (χ1) is 17.7. The minimum atomic E-state index is -0.825. The highest BCUT2D eigenvalue weighted by atomic mass is 35.5. The van der Waals surface area contributed by atoms with Gasteiger partial charge >= 0.3 is 0 Å². The quantitative estimate of drug-likeness (QED) is 0.155. The first-order valence-corrected chi connectivity index (χ1v) is 12.9. The van der Waals surface area contributed by atoms with Crippen molar-refractivity contribution in [3.63, 3.8) is 0 Å². The molecule has 0 heterocycles. The maximum absolute atomic E-state index is 12.8. The van der Waals surface area contributed by atoms with E-state index >= 15 is 0 Å². The number of ether oxygens (including phenoxy) is 1. The molecule has 0 bridgehead atoms. The topological polar surface area (TPSA) is 98.5 Å². The highest BCUT2D eigenvalue weighted by Crippen LogP contribution is 2.31. The summed E-state index contributed by atoms with van der Waals surface area (Å²) in [6.45, 7) is 0.871. The van der Waals surface area contributed by atoms with Crippen LogP contribution in [0.3, 0.4) is 0 Å². The molecular formula is C27H24Cl4N2O4. The molecule has 0 radical (unpaired) electrons. The van der Waals surface area contributed by atoms with Gasteiger partial charge in [0.1, 0.15) is 12.0 Å². The van der Waals surface area contributed by atoms with Gasteiger partial charge in [-0.25, -0.2) is 0 Å². The van der Waals surface area contributed by atoms with Gasteiger partial charge in [-0.1, -0.05) is 76.7 Å². The van der Waals surface area contributed by atoms with E-state index in [1.54, 1.807) is 42.5 Å². The third kappa shape index (κ3) is 7.94. The second-order valence-electron chi connectivity index (χ2n) is 8.19. The normalized spacial score (nSPS) is 11.6. The average molecular weight is 582 g/mol. The van der Waals surface area contributed by atoms with Crippen LogP contribution in [-0.4, -0.2) is 37.2 Å². The maximum atomic E-state index is 12.8. The van der Waals surface area contributed by atoms with Gasteiger partial charge in [-0.2, -0.15) is 0 Å². The Morgan fingerprint density at radius 3 is 2.05 bits per heavy atom. The Kier molecular flexibility index (Phi) is 10.8. The van der Waals surface area contributed by atoms with Crippen LogP contribution in [0, 0.1) is 0 Å². The third-order valence-electron chi connectivity index (χ3n) is 5.43. The van der Waals surface area contributed by atoms with Gasteiger partial charge in [0.25, 0.3) is 5.91 Å². The molecular weight excluding hydrogens is 558 g/mol. The number of carbonyl (C=O) groups is 3. The van der Waals surface area contributed by atoms with Crippen LogP contribution >= 0.6 is 46.4 Å². The Morgan fingerprint density at radius 2 is 1.49 bits per heavy atom. The summed E-state index contributed by atoms with van der Waals surface area (Å²) in [6, 6.07) is 14.2. The molecule has 37 heavy (non-hydrogen) atoms. The van der Waals surface area contributed by atoms with Crippen molar-refractivity contribution in [2.45, 2.75) is 25.3 Å². The number of Topliss-reactive ketones (excluding diaryl/α,β-unsaturated/α-hetero) is 1. The molecule has 0 aliphatic rings. The molecule has 1 atom stereocenters. The number of ketones is 1. The molecule has 0 aliphatic carbocycles. The van der Waals surface area contributed by atoms with E-state index in [1.165, 1.54) is 12.1 Å². The zero-order valence-corrected chi connectivity index (χ0v) is 22.6. The molecule has 6 nitrogen and oxygen atoms in total. The first-order valence-electron chi connectivity index (χ1n) is 11.4. The molecule has 10 heteroatoms. The summed E-state index contributed by atoms with van der Waals surface area (Å²) in [5.41, 5.74) is 7.32. The van der Waals surface area contributed by atoms with Crippen LogP contribution in [0.5, 0.6) is 5.75 Å². The number of carbonyl (C=O) groups excluding carboxylic acids is 3. The Balaban J connectivity index is 1.63. The largest absolute Gasteiger partial charge is 0.493 e. The van der Waals surface area contributed by atoms with Crippen LogP contribution in [0.15, 0.2) is 54.6 Å². The molecule has 0 aliphatic heterocycles. The van der Waals surface area contributed by atoms with Gasteiger partial charge in [0.05, 0.1) is 43.9 Å². The van der Waals surface area contributed by atoms with E-state index in [0.717, 1.165) is 11.1 Å². The molecule has 3 rings (SSSR count). The van der Waals surface area contributed by atoms with Crippen LogP contribution in [0.4, 0.5) is 0 Å². The number of rotatable bonds is 12. The fourth-order valence-electron chi connectivity index (χ4n) is 3.58. The number of hydrogen-bond donors (Lipinski definition) is 2. The lowest BCUT2D eigenvalue weighted by Gasteiger charge is -2.16. The van der Waals surface area contributed by atoms with Crippen LogP contribution in [-0.2, 0) is 17.6 Å². The molecule has 3 N–H and O–H groups in total. The van der Waals surface area contributed by atoms with Gasteiger partial charge in [-0.05, 0) is 54.8 Å². The average Bonchev–Trinajstić information content (AvgIpc) is 2.84. The molecule has 194 valence electrons. The SMILES string of the molecule is NCCCOc1cc(Cl)c(C(=O)NC(C=O)Cc2ccc(CC(=O)c3c(Cl)cccc3Cl)cc2)c(Cl)c1. The van der Waals surface area contributed by atoms with Gasteiger partial charge in [0.2, 0.25) is 0 Å². The Hall–Kier alpha value is -2.61. The summed E-state index contributed by atoms with van der Waals surface area (Å²) in [6.07, 6.45) is 1.64. The summed E-state index contributed by atoms with van der Waals surface area (Å²) >= 11 is 24.8. The van der Waals surface area contributed by atoms with Crippen LogP contribution in [0.2, 0.25) is 20.1 Å². The summed E-state index contributed by atoms with van der Waals surface area (Å²) in [5, 5.41) is 3.45. The zero-order chi connectivity index (χ0) is 26.9. The standard InChI is InChI=1S/C27H24Cl4N2O4/c28-20-3-1-4-21(29)25(20)24(35)12-17-7-5-16(6-8-17)11-18(15-34)33-27(36)26-22(30)13-19(14-23(26)31)37-10-2-9-32/h1,3-8,13-15,18H,2,9-12,32H2,(H,33,36). The Bertz CT molecular complexity index is 1240. The van der Waals surface area contributed by atoms with Crippen LogP contribution in [0.1, 0.15) is 38.3 Å². The third-order valence-corrected chi connectivity index (χ3v) is 6.65. The second-order valence-corrected chi connectivity index (χ2v) is 9.81. The van der Waals surface area contributed by atoms with E-state index in [-0.39, 0.29) is 39.8 Å². The van der Waals surface area contributed by atoms with Crippen molar-refractivity contribution < 1.29 is 19.1 Å². The Labute approximate surface area is 235 Å². The van der Waals surface area contributed by atoms with Crippen molar-refractivity contribution in [1.29, 1.82) is 0 Å². The summed E-state index contributed by atoms with van der Waals surface area (Å²) in [5.74, 6) is -0.368. The first kappa shape index (κ1) is 29.0. The number of benzene rings is 3. The number of nitrogens with two attached hydrogens (primary N) is 1. The summed E-state index contributed by atoms with van der Waals surface area (Å²) in [7, 11) is 0. The maximum Gasteiger partial charge on any atom is 0.254 e. The minimum Gasteiger partial charge on any atom is -0.493 e. The van der Waals surface area contributed by atoms with Gasteiger partial charge in [0.15, 0.2) is 5.78 Å². The molecule has 1 unspecified atom stereocenters. The molecule has 0 aromatic heterocycles. The van der Waals surface area contributed by atoms with Crippen molar-refractivity contribution in [3.05, 3.63) is 96.9 Å². The summed E-state index contributed by atoms with van der Waals surface area (Å²) in [4.78, 5) is 37.2. The van der Waals surface area contributed by atoms with E-state index in [1.807, 2.05) is 0 Å². The predicted molar refractivity (Wildman–Crippen MR) is 148 cm³/mol. The summed E-state index contributed by atoms with van der Waals surface area (Å²) < 4.78 is 5.52. The number of amides is 1. The van der Waals surface area contributed by atoms with Crippen LogP contribution in [0.25, 0.3) is 0 Å². The minimum absolute atomic E-state index is 0.0495. The molecule has 0 spiro atoms. The molecule has 3 aromatic carbocycles. The van der Waals surface area contributed by atoms with E-state index in [2.05, 4.69) is 5.32 Å². The fourth-order valence-corrected chi connectivity index (χ4v) is 4.83. The van der Waals surface area contributed by atoms with Crippen LogP contribution < -0.4 is 15.8 Å². The van der Waals surface area contributed by atoms with Gasteiger partial charge in [-0.15, -0.1) is 0 Å². The lowest BCUT2D eigenvalue weighted by Crippen LogP contribution is -2.37. The smallest absolute Gasteiger partial charge is 0.254 e. The molecule has 0 saturated carbocycles. The number of hydrogen-bond acceptors (Lipinski definition) is 5. The van der Waals surface area contributed by atoms with Gasteiger partial charge < -0.3 is 20.6 Å². The van der Waals surface area contributed by atoms with Crippen molar-refractivity contribution in [3.8, 4) is 5.75 Å². The van der Waals surface area contributed by atoms with E-state index in [0.29, 0.717) is 41.7 Å². The van der Waals surface area contributed by atoms with Gasteiger partial charge in [0, 0.05) is 6.42 Å².